The van der Waals surface area contributed by atoms with Gasteiger partial charge in [0.25, 0.3) is 0 Å². The van der Waals surface area contributed by atoms with Crippen molar-refractivity contribution in [1.29, 1.82) is 0 Å². The van der Waals surface area contributed by atoms with Crippen LogP contribution in [0.3, 0.4) is 0 Å². The van der Waals surface area contributed by atoms with Crippen LogP contribution in [0, 0.1) is 11.8 Å². The number of nitrogens with zero attached hydrogens (tertiary/aromatic N) is 1. The predicted octanol–water partition coefficient (Wildman–Crippen LogP) is -0.481. The van der Waals surface area contributed by atoms with Crippen LogP contribution in [0.2, 0.25) is 0 Å². The number of imide groups is 2. The second-order valence-corrected chi connectivity index (χ2v) is 4.83. The van der Waals surface area contributed by atoms with Gasteiger partial charge in [0.1, 0.15) is 6.04 Å². The van der Waals surface area contributed by atoms with Crippen molar-refractivity contribution in [3.63, 3.8) is 0 Å². The van der Waals surface area contributed by atoms with Gasteiger partial charge in [0.15, 0.2) is 0 Å². The molecule has 6 heteroatoms. The van der Waals surface area contributed by atoms with Crippen molar-refractivity contribution in [2.24, 2.45) is 11.8 Å². The Labute approximate surface area is 109 Å². The number of fused-ring (bicyclic) bond motifs is 1. The molecule has 2 heterocycles. The van der Waals surface area contributed by atoms with Crippen molar-refractivity contribution >= 4 is 23.6 Å². The molecule has 2 aliphatic heterocycles. The van der Waals surface area contributed by atoms with Crippen LogP contribution in [-0.4, -0.2) is 34.6 Å². The van der Waals surface area contributed by atoms with Gasteiger partial charge in [0.2, 0.25) is 23.6 Å². The Balaban J connectivity index is 1.89. The van der Waals surface area contributed by atoms with E-state index in [0.717, 1.165) is 4.90 Å². The maximum Gasteiger partial charge on any atom is 0.249 e. The summed E-state index contributed by atoms with van der Waals surface area (Å²) in [5, 5.41) is 2.17. The molecule has 0 spiro atoms. The number of nitrogens with one attached hydrogen (secondary N) is 1. The molecule has 1 N–H and O–H groups in total. The zero-order valence-corrected chi connectivity index (χ0v) is 10.0. The van der Waals surface area contributed by atoms with E-state index in [1.165, 1.54) is 0 Å². The van der Waals surface area contributed by atoms with Gasteiger partial charge in [-0.05, 0) is 6.42 Å². The molecule has 4 amide bonds. The number of carbonyl (C=O) groups is 4. The van der Waals surface area contributed by atoms with Crippen LogP contribution < -0.4 is 5.32 Å². The molecule has 3 aliphatic rings. The standard InChI is InChI=1S/C13H12N2O4/c16-10-6-5-9(11(17)14-10)15-12(18)7-3-1-2-4-8(7)13(15)19/h1-4,7-9H,5-6H2,(H,14,16,17). The van der Waals surface area contributed by atoms with Crippen LogP contribution in [0.4, 0.5) is 0 Å². The molecule has 0 aromatic carbocycles. The first-order chi connectivity index (χ1) is 9.09. The van der Waals surface area contributed by atoms with Gasteiger partial charge in [-0.3, -0.25) is 29.4 Å². The fourth-order valence-corrected chi connectivity index (χ4v) is 2.74. The van der Waals surface area contributed by atoms with Crippen LogP contribution in [-0.2, 0) is 19.2 Å². The molecule has 3 atom stereocenters. The molecule has 2 saturated heterocycles. The van der Waals surface area contributed by atoms with Gasteiger partial charge in [-0.25, -0.2) is 0 Å². The minimum atomic E-state index is -0.856. The van der Waals surface area contributed by atoms with Crippen LogP contribution in [0.15, 0.2) is 24.3 Å². The highest BCUT2D eigenvalue weighted by atomic mass is 16.2. The molecule has 0 bridgehead atoms. The first-order valence-corrected chi connectivity index (χ1v) is 6.15. The summed E-state index contributed by atoms with van der Waals surface area (Å²) in [5.41, 5.74) is 0. The number of amides is 4. The third-order valence-electron chi connectivity index (χ3n) is 3.70. The third kappa shape index (κ3) is 1.71. The average Bonchev–Trinajstić information content (AvgIpc) is 2.64. The topological polar surface area (TPSA) is 83.6 Å². The Morgan fingerprint density at radius 2 is 1.58 bits per heavy atom. The number of carbonyl (C=O) groups excluding carboxylic acids is 4. The smallest absolute Gasteiger partial charge is 0.249 e. The van der Waals surface area contributed by atoms with Gasteiger partial charge in [-0.1, -0.05) is 24.3 Å². The lowest BCUT2D eigenvalue weighted by Crippen LogP contribution is -2.54. The first-order valence-electron chi connectivity index (χ1n) is 6.15. The second-order valence-electron chi connectivity index (χ2n) is 4.83. The summed E-state index contributed by atoms with van der Waals surface area (Å²) in [5.74, 6) is -2.66. The maximum atomic E-state index is 12.2. The second kappa shape index (κ2) is 4.15. The quantitative estimate of drug-likeness (QED) is 0.645. The molecule has 3 unspecified atom stereocenters. The highest BCUT2D eigenvalue weighted by Crippen LogP contribution is 2.33. The SMILES string of the molecule is O=C1CCC(N2C(=O)C3C=CC=CC3C2=O)C(=O)N1. The van der Waals surface area contributed by atoms with E-state index >= 15 is 0 Å². The lowest BCUT2D eigenvalue weighted by atomic mass is 9.91. The number of rotatable bonds is 1. The zero-order chi connectivity index (χ0) is 13.6. The summed E-state index contributed by atoms with van der Waals surface area (Å²) in [6.45, 7) is 0. The molecule has 19 heavy (non-hydrogen) atoms. The van der Waals surface area contributed by atoms with E-state index in [9.17, 15) is 19.2 Å². The fraction of sp³-hybridized carbons (Fsp3) is 0.385. The van der Waals surface area contributed by atoms with Gasteiger partial charge in [0, 0.05) is 6.42 Å². The van der Waals surface area contributed by atoms with E-state index in [1.807, 2.05) is 0 Å². The number of hydrogen-bond donors (Lipinski definition) is 1. The molecule has 0 aromatic heterocycles. The number of likely N-dealkylation sites (tertiary alicyclic amines) is 1. The van der Waals surface area contributed by atoms with Gasteiger partial charge >= 0.3 is 0 Å². The Hall–Kier alpha value is -2.24. The van der Waals surface area contributed by atoms with Crippen molar-refractivity contribution in [2.75, 3.05) is 0 Å². The first kappa shape index (κ1) is 11.8. The fourth-order valence-electron chi connectivity index (χ4n) is 2.74. The highest BCUT2D eigenvalue weighted by Gasteiger charge is 2.50. The molecule has 3 rings (SSSR count). The highest BCUT2D eigenvalue weighted by molar-refractivity contribution is 6.12. The van der Waals surface area contributed by atoms with Gasteiger partial charge < -0.3 is 0 Å². The van der Waals surface area contributed by atoms with Gasteiger partial charge in [-0.15, -0.1) is 0 Å². The summed E-state index contributed by atoms with van der Waals surface area (Å²) in [4.78, 5) is 48.4. The van der Waals surface area contributed by atoms with Crippen molar-refractivity contribution < 1.29 is 19.2 Å². The Bertz CT molecular complexity index is 519. The van der Waals surface area contributed by atoms with Crippen molar-refractivity contribution in [2.45, 2.75) is 18.9 Å². The summed E-state index contributed by atoms with van der Waals surface area (Å²) >= 11 is 0. The minimum absolute atomic E-state index is 0.147. The monoisotopic (exact) mass is 260 g/mol. The normalized spacial score (nSPS) is 33.7. The van der Waals surface area contributed by atoms with Crippen LogP contribution in [0.25, 0.3) is 0 Å². The molecular formula is C13H12N2O4. The van der Waals surface area contributed by atoms with Crippen molar-refractivity contribution in [3.8, 4) is 0 Å². The Kier molecular flexibility index (Phi) is 2.58. The Morgan fingerprint density at radius 3 is 2.11 bits per heavy atom. The van der Waals surface area contributed by atoms with E-state index in [4.69, 9.17) is 0 Å². The molecular weight excluding hydrogens is 248 g/mol. The van der Waals surface area contributed by atoms with E-state index in [1.54, 1.807) is 24.3 Å². The van der Waals surface area contributed by atoms with E-state index in [0.29, 0.717) is 0 Å². The van der Waals surface area contributed by atoms with Crippen LogP contribution in [0.1, 0.15) is 12.8 Å². The van der Waals surface area contributed by atoms with E-state index < -0.39 is 23.8 Å². The van der Waals surface area contributed by atoms with Crippen molar-refractivity contribution in [3.05, 3.63) is 24.3 Å². The number of allylic oxidation sites excluding steroid dienone is 2. The van der Waals surface area contributed by atoms with Crippen LogP contribution >= 0.6 is 0 Å². The summed E-state index contributed by atoms with van der Waals surface area (Å²) in [6, 6.07) is -0.856. The number of hydrogen-bond acceptors (Lipinski definition) is 4. The summed E-state index contributed by atoms with van der Waals surface area (Å²) in [7, 11) is 0. The molecule has 98 valence electrons. The lowest BCUT2D eigenvalue weighted by molar-refractivity contribution is -0.151. The molecule has 0 radical (unpaired) electrons. The van der Waals surface area contributed by atoms with Crippen LogP contribution in [0.5, 0.6) is 0 Å². The number of piperidine rings is 1. The zero-order valence-electron chi connectivity index (χ0n) is 10.0. The molecule has 1 aliphatic carbocycles. The molecule has 0 aromatic rings. The molecule has 0 saturated carbocycles. The lowest BCUT2D eigenvalue weighted by Gasteiger charge is -2.28. The largest absolute Gasteiger partial charge is 0.295 e. The summed E-state index contributed by atoms with van der Waals surface area (Å²) < 4.78 is 0. The third-order valence-corrected chi connectivity index (χ3v) is 3.70. The maximum absolute atomic E-state index is 12.2. The molecule has 2 fully saturated rings. The molecule has 6 nitrogen and oxygen atoms in total. The summed E-state index contributed by atoms with van der Waals surface area (Å²) in [6.07, 6.45) is 7.15. The minimum Gasteiger partial charge on any atom is -0.295 e. The van der Waals surface area contributed by atoms with Gasteiger partial charge in [0.05, 0.1) is 11.8 Å². The van der Waals surface area contributed by atoms with E-state index in [2.05, 4.69) is 5.32 Å². The average molecular weight is 260 g/mol. The van der Waals surface area contributed by atoms with E-state index in [-0.39, 0.29) is 30.6 Å². The van der Waals surface area contributed by atoms with Gasteiger partial charge in [-0.2, -0.15) is 0 Å². The predicted molar refractivity (Wildman–Crippen MR) is 63.3 cm³/mol. The van der Waals surface area contributed by atoms with Crippen molar-refractivity contribution in [1.82, 2.24) is 10.2 Å². The Morgan fingerprint density at radius 1 is 1.00 bits per heavy atom.